The number of benzene rings is 2. The molecule has 0 amide bonds. The van der Waals surface area contributed by atoms with Gasteiger partial charge in [-0.3, -0.25) is 0 Å². The topological polar surface area (TPSA) is 110 Å². The summed E-state index contributed by atoms with van der Waals surface area (Å²) in [5, 5.41) is 12.4. The van der Waals surface area contributed by atoms with Gasteiger partial charge in [0.15, 0.2) is 0 Å². The molecule has 2 heterocycles. The lowest BCUT2D eigenvalue weighted by molar-refractivity contribution is 0.445. The molecule has 4 rings (SSSR count). The third-order valence-corrected chi connectivity index (χ3v) is 7.05. The third-order valence-electron chi connectivity index (χ3n) is 5.01. The maximum atomic E-state index is 13.5. The van der Waals surface area contributed by atoms with Crippen molar-refractivity contribution in [1.82, 2.24) is 34.5 Å². The molecule has 162 valence electrons. The Labute approximate surface area is 179 Å². The zero-order chi connectivity index (χ0) is 22.2. The van der Waals surface area contributed by atoms with E-state index in [9.17, 15) is 12.8 Å². The van der Waals surface area contributed by atoms with E-state index in [-0.39, 0.29) is 17.3 Å². The molecule has 0 aliphatic carbocycles. The van der Waals surface area contributed by atoms with Crippen LogP contribution in [-0.2, 0) is 16.6 Å². The highest BCUT2D eigenvalue weighted by Crippen LogP contribution is 2.21. The number of halogens is 1. The molecule has 4 aromatic rings. The first-order valence-electron chi connectivity index (χ1n) is 9.85. The Balaban J connectivity index is 1.59. The smallest absolute Gasteiger partial charge is 0.243 e. The van der Waals surface area contributed by atoms with E-state index in [0.29, 0.717) is 46.9 Å². The van der Waals surface area contributed by atoms with E-state index >= 15 is 0 Å². The van der Waals surface area contributed by atoms with Crippen molar-refractivity contribution in [2.75, 3.05) is 13.1 Å². The number of nitrogens with one attached hydrogen (secondary N) is 1. The van der Waals surface area contributed by atoms with E-state index in [1.807, 2.05) is 0 Å². The van der Waals surface area contributed by atoms with Crippen LogP contribution in [0.25, 0.3) is 22.4 Å². The molecule has 0 spiro atoms. The second-order valence-corrected chi connectivity index (χ2v) is 9.00. The van der Waals surface area contributed by atoms with Crippen LogP contribution in [0.4, 0.5) is 4.39 Å². The molecular formula is C20H22FN7O2S. The number of hydrogen-bond acceptors (Lipinski definition) is 6. The lowest BCUT2D eigenvalue weighted by Gasteiger charge is -2.18. The number of sulfonamides is 1. The fourth-order valence-electron chi connectivity index (χ4n) is 3.33. The second-order valence-electron chi connectivity index (χ2n) is 7.06. The van der Waals surface area contributed by atoms with Gasteiger partial charge in [-0.05, 0) is 54.1 Å². The van der Waals surface area contributed by atoms with Gasteiger partial charge < -0.3 is 4.98 Å². The van der Waals surface area contributed by atoms with Crippen molar-refractivity contribution in [1.29, 1.82) is 0 Å². The van der Waals surface area contributed by atoms with Crippen LogP contribution in [0.3, 0.4) is 0 Å². The van der Waals surface area contributed by atoms with E-state index in [2.05, 4.69) is 25.4 Å². The monoisotopic (exact) mass is 443 g/mol. The Kier molecular flexibility index (Phi) is 5.54. The number of H-pyrrole nitrogens is 1. The molecular weight excluding hydrogens is 421 g/mol. The van der Waals surface area contributed by atoms with Crippen LogP contribution in [-0.4, -0.2) is 56.0 Å². The number of fused-ring (bicyclic) bond motifs is 1. The third kappa shape index (κ3) is 4.06. The number of rotatable bonds is 7. The van der Waals surface area contributed by atoms with Crippen LogP contribution in [0.5, 0.6) is 0 Å². The molecule has 0 fully saturated rings. The van der Waals surface area contributed by atoms with Crippen LogP contribution in [0.2, 0.25) is 0 Å². The van der Waals surface area contributed by atoms with E-state index < -0.39 is 10.0 Å². The lowest BCUT2D eigenvalue weighted by atomic mass is 10.1. The van der Waals surface area contributed by atoms with E-state index in [1.54, 1.807) is 51.1 Å². The molecule has 11 heteroatoms. The van der Waals surface area contributed by atoms with Gasteiger partial charge in [-0.15, -0.1) is 10.2 Å². The molecule has 31 heavy (non-hydrogen) atoms. The summed E-state index contributed by atoms with van der Waals surface area (Å²) in [4.78, 5) is 9.20. The average Bonchev–Trinajstić information content (AvgIpc) is 3.37. The first-order valence-corrected chi connectivity index (χ1v) is 11.3. The zero-order valence-corrected chi connectivity index (χ0v) is 18.2. The van der Waals surface area contributed by atoms with Gasteiger partial charge in [0, 0.05) is 18.7 Å². The summed E-state index contributed by atoms with van der Waals surface area (Å²) in [7, 11) is -3.56. The minimum absolute atomic E-state index is 0.215. The number of aryl methyl sites for hydroxylation is 1. The van der Waals surface area contributed by atoms with Crippen LogP contribution >= 0.6 is 0 Å². The highest BCUT2D eigenvalue weighted by molar-refractivity contribution is 7.89. The number of hydrogen-bond donors (Lipinski definition) is 1. The minimum Gasteiger partial charge on any atom is -0.340 e. The summed E-state index contributed by atoms with van der Waals surface area (Å²) in [6.07, 6.45) is 0. The standard InChI is InChI=1S/C20H22FN7O2S/c1-4-27(5-2)31(29,30)15-7-9-17-18(11-15)23-19(22-17)12-28-25-20(24-26-28)14-6-8-16(21)13(3)10-14/h6-11H,4-5,12H2,1-3H3,(H,22,23). The molecule has 2 aromatic carbocycles. The predicted octanol–water partition coefficient (Wildman–Crippen LogP) is 2.74. The first kappa shape index (κ1) is 21.1. The highest BCUT2D eigenvalue weighted by atomic mass is 32.2. The minimum atomic E-state index is -3.56. The van der Waals surface area contributed by atoms with E-state index in [4.69, 9.17) is 0 Å². The van der Waals surface area contributed by atoms with Crippen molar-refractivity contribution in [3.8, 4) is 11.4 Å². The molecule has 0 saturated heterocycles. The molecule has 0 unspecified atom stereocenters. The largest absolute Gasteiger partial charge is 0.340 e. The van der Waals surface area contributed by atoms with Crippen LogP contribution in [0, 0.1) is 12.7 Å². The van der Waals surface area contributed by atoms with Crippen molar-refractivity contribution >= 4 is 21.1 Å². The first-order chi connectivity index (χ1) is 14.8. The van der Waals surface area contributed by atoms with E-state index in [1.165, 1.54) is 15.2 Å². The fourth-order valence-corrected chi connectivity index (χ4v) is 4.82. The van der Waals surface area contributed by atoms with Crippen molar-refractivity contribution in [2.24, 2.45) is 0 Å². The van der Waals surface area contributed by atoms with Crippen molar-refractivity contribution in [3.63, 3.8) is 0 Å². The van der Waals surface area contributed by atoms with Gasteiger partial charge in [0.25, 0.3) is 0 Å². The predicted molar refractivity (Wildman–Crippen MR) is 113 cm³/mol. The number of nitrogens with zero attached hydrogens (tertiary/aromatic N) is 6. The van der Waals surface area contributed by atoms with E-state index in [0.717, 1.165) is 0 Å². The van der Waals surface area contributed by atoms with Crippen molar-refractivity contribution in [3.05, 3.63) is 53.6 Å². The molecule has 0 aliphatic rings. The fraction of sp³-hybridized carbons (Fsp3) is 0.300. The molecule has 0 atom stereocenters. The summed E-state index contributed by atoms with van der Waals surface area (Å²) in [6, 6.07) is 9.45. The molecule has 0 aliphatic heterocycles. The molecule has 0 saturated carbocycles. The lowest BCUT2D eigenvalue weighted by Crippen LogP contribution is -2.30. The Hall–Kier alpha value is -3.18. The molecule has 2 aromatic heterocycles. The summed E-state index contributed by atoms with van der Waals surface area (Å²) >= 11 is 0. The normalized spacial score (nSPS) is 12.2. The van der Waals surface area contributed by atoms with Crippen molar-refractivity contribution < 1.29 is 12.8 Å². The summed E-state index contributed by atoms with van der Waals surface area (Å²) < 4.78 is 40.4. The highest BCUT2D eigenvalue weighted by Gasteiger charge is 2.22. The number of aromatic amines is 1. The van der Waals surface area contributed by atoms with Gasteiger partial charge in [0.05, 0.1) is 15.9 Å². The number of imidazole rings is 1. The summed E-state index contributed by atoms with van der Waals surface area (Å²) in [5.74, 6) is 0.652. The van der Waals surface area contributed by atoms with Crippen LogP contribution < -0.4 is 0 Å². The zero-order valence-electron chi connectivity index (χ0n) is 17.4. The summed E-state index contributed by atoms with van der Waals surface area (Å²) in [5.41, 5.74) is 2.42. The van der Waals surface area contributed by atoms with Gasteiger partial charge in [0.2, 0.25) is 15.8 Å². The summed E-state index contributed by atoms with van der Waals surface area (Å²) in [6.45, 7) is 6.31. The molecule has 9 nitrogen and oxygen atoms in total. The maximum absolute atomic E-state index is 13.5. The van der Waals surface area contributed by atoms with Gasteiger partial charge in [-0.25, -0.2) is 17.8 Å². The number of aromatic nitrogens is 6. The quantitative estimate of drug-likeness (QED) is 0.470. The second kappa shape index (κ2) is 8.16. The average molecular weight is 444 g/mol. The van der Waals surface area contributed by atoms with Gasteiger partial charge in [0.1, 0.15) is 18.2 Å². The Morgan fingerprint density at radius 3 is 2.61 bits per heavy atom. The van der Waals surface area contributed by atoms with Gasteiger partial charge in [-0.2, -0.15) is 9.10 Å². The molecule has 0 radical (unpaired) electrons. The van der Waals surface area contributed by atoms with Crippen LogP contribution in [0.1, 0.15) is 25.2 Å². The SMILES string of the molecule is CCN(CC)S(=O)(=O)c1ccc2nc(Cn3nnc(-c4ccc(F)c(C)c4)n3)[nH]c2c1. The maximum Gasteiger partial charge on any atom is 0.243 e. The molecule has 1 N–H and O–H groups in total. The molecule has 0 bridgehead atoms. The number of tetrazole rings is 1. The van der Waals surface area contributed by atoms with Gasteiger partial charge in [-0.1, -0.05) is 13.8 Å². The van der Waals surface area contributed by atoms with Crippen LogP contribution in [0.15, 0.2) is 41.3 Å². The van der Waals surface area contributed by atoms with Gasteiger partial charge >= 0.3 is 0 Å². The Morgan fingerprint density at radius 2 is 1.90 bits per heavy atom. The Bertz CT molecular complexity index is 1340. The Morgan fingerprint density at radius 1 is 1.13 bits per heavy atom. The van der Waals surface area contributed by atoms with Crippen molar-refractivity contribution in [2.45, 2.75) is 32.2 Å².